The molecule has 0 bridgehead atoms. The van der Waals surface area contributed by atoms with Crippen molar-refractivity contribution in [2.24, 2.45) is 5.92 Å². The first kappa shape index (κ1) is 20.1. The Kier molecular flexibility index (Phi) is 13.9. The molecule has 1 aliphatic carbocycles. The van der Waals surface area contributed by atoms with Gasteiger partial charge in [-0.1, -0.05) is 33.1 Å². The van der Waals surface area contributed by atoms with Gasteiger partial charge in [-0.2, -0.15) is 8.78 Å². The highest BCUT2D eigenvalue weighted by Crippen LogP contribution is 2.23. The molecule has 114 valence electrons. The second kappa shape index (κ2) is 13.2. The summed E-state index contributed by atoms with van der Waals surface area (Å²) < 4.78 is 33.0. The largest absolute Gasteiger partial charge is 0.317 e. The standard InChI is InChI=1S/C9H14F2N2O2.C2H6.CH3F/c10-7(11)9(15)13-12-8(14)6-4-2-1-3-5-6;2*1-2/h6-7H,1-5H2,(H,12,14)(H,13,15);1-2H3;1H3. The van der Waals surface area contributed by atoms with Gasteiger partial charge in [-0.3, -0.25) is 24.8 Å². The number of rotatable bonds is 2. The Morgan fingerprint density at radius 3 is 1.89 bits per heavy atom. The lowest BCUT2D eigenvalue weighted by atomic mass is 9.89. The van der Waals surface area contributed by atoms with Gasteiger partial charge in [0.2, 0.25) is 5.91 Å². The van der Waals surface area contributed by atoms with Crippen molar-refractivity contribution in [3.05, 3.63) is 0 Å². The molecule has 0 unspecified atom stereocenters. The molecule has 1 saturated carbocycles. The number of alkyl halides is 3. The van der Waals surface area contributed by atoms with E-state index in [1.165, 1.54) is 0 Å². The summed E-state index contributed by atoms with van der Waals surface area (Å²) in [6.45, 7) is 4.00. The monoisotopic (exact) mass is 284 g/mol. The summed E-state index contributed by atoms with van der Waals surface area (Å²) in [6, 6.07) is 0. The maximum Gasteiger partial charge on any atom is 0.317 e. The Bertz CT molecular complexity index is 245. The second-order valence-electron chi connectivity index (χ2n) is 3.61. The smallest absolute Gasteiger partial charge is 0.273 e. The van der Waals surface area contributed by atoms with E-state index in [9.17, 15) is 22.8 Å². The van der Waals surface area contributed by atoms with Crippen LogP contribution in [0, 0.1) is 5.92 Å². The van der Waals surface area contributed by atoms with Crippen molar-refractivity contribution >= 4 is 11.8 Å². The molecule has 0 aromatic heterocycles. The third-order valence-electron chi connectivity index (χ3n) is 2.48. The van der Waals surface area contributed by atoms with E-state index in [0.717, 1.165) is 32.1 Å². The van der Waals surface area contributed by atoms with E-state index in [0.29, 0.717) is 7.18 Å². The van der Waals surface area contributed by atoms with Crippen molar-refractivity contribution in [1.29, 1.82) is 0 Å². The highest BCUT2D eigenvalue weighted by molar-refractivity contribution is 5.84. The second-order valence-corrected chi connectivity index (χ2v) is 3.61. The van der Waals surface area contributed by atoms with Gasteiger partial charge < -0.3 is 0 Å². The van der Waals surface area contributed by atoms with Crippen LogP contribution in [0.2, 0.25) is 0 Å². The zero-order valence-corrected chi connectivity index (χ0v) is 11.6. The number of hydrogen-bond acceptors (Lipinski definition) is 2. The fourth-order valence-electron chi connectivity index (χ4n) is 1.64. The molecular formula is C12H23F3N2O2. The van der Waals surface area contributed by atoms with Gasteiger partial charge in [0.25, 0.3) is 0 Å². The first-order chi connectivity index (χ1) is 9.11. The molecule has 4 nitrogen and oxygen atoms in total. The predicted molar refractivity (Wildman–Crippen MR) is 67.2 cm³/mol. The zero-order chi connectivity index (χ0) is 15.3. The summed E-state index contributed by atoms with van der Waals surface area (Å²) in [5.41, 5.74) is 3.71. The molecule has 0 aromatic carbocycles. The minimum Gasteiger partial charge on any atom is -0.273 e. The maximum atomic E-state index is 11.8. The van der Waals surface area contributed by atoms with Crippen LogP contribution in [0.25, 0.3) is 0 Å². The number of halogens is 3. The minimum absolute atomic E-state index is 0.156. The fourth-order valence-corrected chi connectivity index (χ4v) is 1.64. The van der Waals surface area contributed by atoms with Crippen molar-refractivity contribution in [2.45, 2.75) is 52.4 Å². The molecule has 2 amide bonds. The van der Waals surface area contributed by atoms with Gasteiger partial charge in [-0.15, -0.1) is 0 Å². The molecule has 0 spiro atoms. The van der Waals surface area contributed by atoms with Crippen molar-refractivity contribution in [3.63, 3.8) is 0 Å². The van der Waals surface area contributed by atoms with Gasteiger partial charge in [-0.25, -0.2) is 0 Å². The molecule has 7 heteroatoms. The Labute approximate surface area is 112 Å². The van der Waals surface area contributed by atoms with Gasteiger partial charge >= 0.3 is 12.3 Å². The van der Waals surface area contributed by atoms with Crippen molar-refractivity contribution < 1.29 is 22.8 Å². The SMILES string of the molecule is CC.CF.O=C(NNC(=O)C1CCCCC1)C(F)F. The van der Waals surface area contributed by atoms with Crippen molar-refractivity contribution in [2.75, 3.05) is 7.18 Å². The molecule has 0 radical (unpaired) electrons. The van der Waals surface area contributed by atoms with Crippen LogP contribution < -0.4 is 10.9 Å². The maximum absolute atomic E-state index is 11.8. The van der Waals surface area contributed by atoms with Crippen LogP contribution in [0.4, 0.5) is 13.2 Å². The van der Waals surface area contributed by atoms with Gasteiger partial charge in [0.15, 0.2) is 0 Å². The van der Waals surface area contributed by atoms with E-state index in [4.69, 9.17) is 0 Å². The summed E-state index contributed by atoms with van der Waals surface area (Å²) in [7, 11) is 0.500. The van der Waals surface area contributed by atoms with E-state index in [1.807, 2.05) is 19.3 Å². The summed E-state index contributed by atoms with van der Waals surface area (Å²) in [6.07, 6.45) is 1.47. The van der Waals surface area contributed by atoms with Gasteiger partial charge in [-0.05, 0) is 12.8 Å². The van der Waals surface area contributed by atoms with E-state index < -0.39 is 12.3 Å². The Morgan fingerprint density at radius 1 is 1.00 bits per heavy atom. The van der Waals surface area contributed by atoms with Crippen LogP contribution in [0.5, 0.6) is 0 Å². The predicted octanol–water partition coefficient (Wildman–Crippen LogP) is 2.59. The Morgan fingerprint density at radius 2 is 1.47 bits per heavy atom. The molecule has 0 heterocycles. The third-order valence-corrected chi connectivity index (χ3v) is 2.48. The molecule has 0 saturated heterocycles. The molecule has 0 aliphatic heterocycles. The lowest BCUT2D eigenvalue weighted by Gasteiger charge is -2.20. The number of hydrazine groups is 1. The Hall–Kier alpha value is -1.27. The molecule has 1 rings (SSSR count). The average Bonchev–Trinajstić information content (AvgIpc) is 2.49. The van der Waals surface area contributed by atoms with E-state index in [1.54, 1.807) is 5.43 Å². The highest BCUT2D eigenvalue weighted by atomic mass is 19.3. The molecule has 0 aromatic rings. The van der Waals surface area contributed by atoms with Crippen LogP contribution in [-0.2, 0) is 9.59 Å². The average molecular weight is 284 g/mol. The number of nitrogens with one attached hydrogen (secondary N) is 2. The van der Waals surface area contributed by atoms with E-state index >= 15 is 0 Å². The molecule has 0 atom stereocenters. The van der Waals surface area contributed by atoms with Crippen LogP contribution >= 0.6 is 0 Å². The zero-order valence-electron chi connectivity index (χ0n) is 11.6. The summed E-state index contributed by atoms with van der Waals surface area (Å²) >= 11 is 0. The Balaban J connectivity index is 0. The molecule has 1 fully saturated rings. The van der Waals surface area contributed by atoms with E-state index in [2.05, 4.69) is 0 Å². The van der Waals surface area contributed by atoms with Crippen LogP contribution in [0.1, 0.15) is 46.0 Å². The fraction of sp³-hybridized carbons (Fsp3) is 0.833. The van der Waals surface area contributed by atoms with Crippen molar-refractivity contribution in [3.8, 4) is 0 Å². The van der Waals surface area contributed by atoms with Gasteiger partial charge in [0.05, 0.1) is 7.18 Å². The summed E-state index contributed by atoms with van der Waals surface area (Å²) in [5, 5.41) is 0. The van der Waals surface area contributed by atoms with E-state index in [-0.39, 0.29) is 11.8 Å². The number of carbonyl (C=O) groups is 2. The topological polar surface area (TPSA) is 58.2 Å². The molecule has 1 aliphatic rings. The van der Waals surface area contributed by atoms with Crippen molar-refractivity contribution in [1.82, 2.24) is 10.9 Å². The lowest BCUT2D eigenvalue weighted by Crippen LogP contribution is -2.47. The molecule has 2 N–H and O–H groups in total. The number of hydrogen-bond donors (Lipinski definition) is 2. The van der Waals surface area contributed by atoms with Crippen LogP contribution in [0.15, 0.2) is 0 Å². The normalized spacial score (nSPS) is 14.5. The van der Waals surface area contributed by atoms with Crippen LogP contribution in [-0.4, -0.2) is 25.4 Å². The third kappa shape index (κ3) is 9.32. The van der Waals surface area contributed by atoms with Gasteiger partial charge in [0, 0.05) is 5.92 Å². The van der Waals surface area contributed by atoms with Gasteiger partial charge in [0.1, 0.15) is 0 Å². The first-order valence-corrected chi connectivity index (χ1v) is 6.37. The number of amides is 2. The lowest BCUT2D eigenvalue weighted by molar-refractivity contribution is -0.137. The van der Waals surface area contributed by atoms with Crippen LogP contribution in [0.3, 0.4) is 0 Å². The minimum atomic E-state index is -3.10. The summed E-state index contributed by atoms with van der Waals surface area (Å²) in [5.74, 6) is -2.00. The number of carbonyl (C=O) groups excluding carboxylic acids is 2. The molecule has 19 heavy (non-hydrogen) atoms. The first-order valence-electron chi connectivity index (χ1n) is 6.37. The highest BCUT2D eigenvalue weighted by Gasteiger charge is 2.22. The quantitative estimate of drug-likeness (QED) is 0.766. The summed E-state index contributed by atoms with van der Waals surface area (Å²) in [4.78, 5) is 21.8. The molecular weight excluding hydrogens is 261 g/mol.